The van der Waals surface area contributed by atoms with E-state index in [9.17, 15) is 0 Å². The predicted molar refractivity (Wildman–Crippen MR) is 79.2 cm³/mol. The molecule has 1 aromatic heterocycles. The highest BCUT2D eigenvalue weighted by molar-refractivity contribution is 4.75. The maximum Gasteiger partial charge on any atom is 0.0945 e. The summed E-state index contributed by atoms with van der Waals surface area (Å²) in [5.74, 6) is 0.904. The third-order valence-electron chi connectivity index (χ3n) is 3.96. The topological polar surface area (TPSA) is 33.1 Å². The molecular weight excluding hydrogens is 236 g/mol. The summed E-state index contributed by atoms with van der Waals surface area (Å²) in [4.78, 5) is 6.75. The van der Waals surface area contributed by atoms with E-state index >= 15 is 0 Å². The van der Waals surface area contributed by atoms with Crippen LogP contribution in [0, 0.1) is 5.92 Å². The van der Waals surface area contributed by atoms with Crippen molar-refractivity contribution in [3.63, 3.8) is 0 Å². The Labute approximate surface area is 117 Å². The molecule has 0 radical (unpaired) electrons. The van der Waals surface area contributed by atoms with Crippen LogP contribution in [0.5, 0.6) is 0 Å². The molecule has 108 valence electrons. The molecule has 0 aromatic carbocycles. The van der Waals surface area contributed by atoms with Gasteiger partial charge in [0.25, 0.3) is 0 Å². The largest absolute Gasteiger partial charge is 0.337 e. The number of hydrogen-bond acceptors (Lipinski definition) is 3. The number of imidazole rings is 1. The second-order valence-electron chi connectivity index (χ2n) is 5.65. The van der Waals surface area contributed by atoms with Crippen LogP contribution in [0.1, 0.15) is 32.6 Å². The highest BCUT2D eigenvalue weighted by Crippen LogP contribution is 2.14. The van der Waals surface area contributed by atoms with E-state index in [4.69, 9.17) is 0 Å². The van der Waals surface area contributed by atoms with Crippen molar-refractivity contribution in [3.05, 3.63) is 18.7 Å². The van der Waals surface area contributed by atoms with E-state index in [1.54, 1.807) is 0 Å². The summed E-state index contributed by atoms with van der Waals surface area (Å²) in [6.07, 6.45) is 11.0. The molecule has 1 aliphatic rings. The number of aromatic nitrogens is 2. The van der Waals surface area contributed by atoms with Gasteiger partial charge in [-0.25, -0.2) is 4.98 Å². The number of aryl methyl sites for hydroxylation is 1. The minimum atomic E-state index is 0.904. The van der Waals surface area contributed by atoms with E-state index in [1.807, 2.05) is 12.5 Å². The van der Waals surface area contributed by atoms with Crippen molar-refractivity contribution in [1.82, 2.24) is 19.8 Å². The number of hydrogen-bond donors (Lipinski definition) is 1. The first kappa shape index (κ1) is 14.5. The van der Waals surface area contributed by atoms with Crippen LogP contribution >= 0.6 is 0 Å². The molecule has 1 N–H and O–H groups in total. The summed E-state index contributed by atoms with van der Waals surface area (Å²) in [7, 11) is 0. The molecule has 0 bridgehead atoms. The molecule has 4 heteroatoms. The van der Waals surface area contributed by atoms with E-state index in [-0.39, 0.29) is 0 Å². The average molecular weight is 264 g/mol. The van der Waals surface area contributed by atoms with E-state index in [2.05, 4.69) is 32.9 Å². The van der Waals surface area contributed by atoms with Gasteiger partial charge in [-0.3, -0.25) is 0 Å². The number of rotatable bonds is 8. The van der Waals surface area contributed by atoms with Gasteiger partial charge in [0, 0.05) is 25.5 Å². The zero-order chi connectivity index (χ0) is 13.3. The zero-order valence-electron chi connectivity index (χ0n) is 12.2. The molecule has 4 nitrogen and oxygen atoms in total. The number of nitrogens with zero attached hydrogens (tertiary/aromatic N) is 3. The van der Waals surface area contributed by atoms with Crippen LogP contribution in [0.2, 0.25) is 0 Å². The Hall–Kier alpha value is -0.870. The van der Waals surface area contributed by atoms with Crippen molar-refractivity contribution < 1.29 is 0 Å². The molecule has 2 heterocycles. The fourth-order valence-electron chi connectivity index (χ4n) is 2.94. The highest BCUT2D eigenvalue weighted by Gasteiger charge is 2.16. The molecule has 1 fully saturated rings. The fourth-order valence-corrected chi connectivity index (χ4v) is 2.94. The van der Waals surface area contributed by atoms with Crippen LogP contribution in [0.25, 0.3) is 0 Å². The Morgan fingerprint density at radius 3 is 2.84 bits per heavy atom. The normalized spacial score (nSPS) is 17.2. The molecule has 1 saturated heterocycles. The van der Waals surface area contributed by atoms with Crippen molar-refractivity contribution in [3.8, 4) is 0 Å². The van der Waals surface area contributed by atoms with Crippen molar-refractivity contribution in [2.45, 2.75) is 39.2 Å². The number of piperidine rings is 1. The Morgan fingerprint density at radius 2 is 2.16 bits per heavy atom. The second kappa shape index (κ2) is 8.33. The lowest BCUT2D eigenvalue weighted by atomic mass is 9.97. The minimum Gasteiger partial charge on any atom is -0.337 e. The first-order chi connectivity index (χ1) is 9.38. The lowest BCUT2D eigenvalue weighted by Gasteiger charge is -2.30. The summed E-state index contributed by atoms with van der Waals surface area (Å²) in [6, 6.07) is 0. The summed E-state index contributed by atoms with van der Waals surface area (Å²) >= 11 is 0. The fraction of sp³-hybridized carbons (Fsp3) is 0.800. The highest BCUT2D eigenvalue weighted by atomic mass is 15.1. The first-order valence-corrected chi connectivity index (χ1v) is 7.77. The third-order valence-corrected chi connectivity index (χ3v) is 3.96. The minimum absolute atomic E-state index is 0.904. The van der Waals surface area contributed by atoms with Gasteiger partial charge in [-0.2, -0.15) is 0 Å². The van der Waals surface area contributed by atoms with Gasteiger partial charge >= 0.3 is 0 Å². The average Bonchev–Trinajstić information content (AvgIpc) is 2.93. The summed E-state index contributed by atoms with van der Waals surface area (Å²) < 4.78 is 2.18. The van der Waals surface area contributed by atoms with Crippen LogP contribution in [-0.4, -0.2) is 47.2 Å². The maximum atomic E-state index is 4.09. The van der Waals surface area contributed by atoms with Crippen LogP contribution in [0.15, 0.2) is 18.7 Å². The van der Waals surface area contributed by atoms with E-state index in [1.165, 1.54) is 58.4 Å². The molecule has 0 saturated carbocycles. The quantitative estimate of drug-likeness (QED) is 0.779. The molecule has 0 amide bonds. The van der Waals surface area contributed by atoms with Crippen molar-refractivity contribution in [2.75, 3.05) is 32.7 Å². The van der Waals surface area contributed by atoms with Gasteiger partial charge in [0.1, 0.15) is 0 Å². The SMILES string of the molecule is CCCN(CCCn1ccnc1)CC1CCNCC1. The molecule has 1 aromatic rings. The van der Waals surface area contributed by atoms with Gasteiger partial charge in [0.15, 0.2) is 0 Å². The second-order valence-corrected chi connectivity index (χ2v) is 5.65. The van der Waals surface area contributed by atoms with E-state index < -0.39 is 0 Å². The monoisotopic (exact) mass is 264 g/mol. The Balaban J connectivity index is 1.68. The molecule has 0 spiro atoms. The van der Waals surface area contributed by atoms with Crippen LogP contribution in [-0.2, 0) is 6.54 Å². The molecule has 1 aliphatic heterocycles. The lowest BCUT2D eigenvalue weighted by Crippen LogP contribution is -2.37. The van der Waals surface area contributed by atoms with Gasteiger partial charge < -0.3 is 14.8 Å². The Morgan fingerprint density at radius 1 is 1.32 bits per heavy atom. The van der Waals surface area contributed by atoms with Gasteiger partial charge in [-0.05, 0) is 57.8 Å². The molecule has 19 heavy (non-hydrogen) atoms. The van der Waals surface area contributed by atoms with Crippen molar-refractivity contribution in [1.29, 1.82) is 0 Å². The first-order valence-electron chi connectivity index (χ1n) is 7.77. The zero-order valence-corrected chi connectivity index (χ0v) is 12.2. The van der Waals surface area contributed by atoms with Crippen molar-refractivity contribution >= 4 is 0 Å². The molecule has 0 unspecified atom stereocenters. The molecular formula is C15H28N4. The lowest BCUT2D eigenvalue weighted by molar-refractivity contribution is 0.201. The summed E-state index contributed by atoms with van der Waals surface area (Å²) in [5, 5.41) is 3.45. The third kappa shape index (κ3) is 5.33. The van der Waals surface area contributed by atoms with E-state index in [0.29, 0.717) is 0 Å². The van der Waals surface area contributed by atoms with Crippen LogP contribution in [0.4, 0.5) is 0 Å². The maximum absolute atomic E-state index is 4.09. The molecule has 2 rings (SSSR count). The standard InChI is InChI=1S/C15H28N4/c1-2-9-18(13-15-4-6-16-7-5-15)10-3-11-19-12-8-17-14-19/h8,12,14-16H,2-7,9-11,13H2,1H3. The van der Waals surface area contributed by atoms with Gasteiger partial charge in [0.05, 0.1) is 6.33 Å². The van der Waals surface area contributed by atoms with Crippen molar-refractivity contribution in [2.24, 2.45) is 5.92 Å². The summed E-state index contributed by atoms with van der Waals surface area (Å²) in [5.41, 5.74) is 0. The predicted octanol–water partition coefficient (Wildman–Crippen LogP) is 1.98. The van der Waals surface area contributed by atoms with Gasteiger partial charge in [0.2, 0.25) is 0 Å². The Kier molecular flexibility index (Phi) is 6.37. The Bertz CT molecular complexity index is 317. The van der Waals surface area contributed by atoms with Crippen LogP contribution < -0.4 is 5.32 Å². The molecule has 0 atom stereocenters. The summed E-state index contributed by atoms with van der Waals surface area (Å²) in [6.45, 7) is 9.54. The van der Waals surface area contributed by atoms with Gasteiger partial charge in [-0.1, -0.05) is 6.92 Å². The number of nitrogens with one attached hydrogen (secondary N) is 1. The molecule has 0 aliphatic carbocycles. The van der Waals surface area contributed by atoms with Gasteiger partial charge in [-0.15, -0.1) is 0 Å². The van der Waals surface area contributed by atoms with Crippen LogP contribution in [0.3, 0.4) is 0 Å². The van der Waals surface area contributed by atoms with E-state index in [0.717, 1.165) is 12.5 Å². The smallest absolute Gasteiger partial charge is 0.0945 e.